The molecule has 2 rings (SSSR count). The molecule has 19 heavy (non-hydrogen) atoms. The number of rotatable bonds is 3. The molecule has 0 saturated carbocycles. The molecule has 0 radical (unpaired) electrons. The van der Waals surface area contributed by atoms with E-state index in [0.29, 0.717) is 22.2 Å². The molecule has 1 N–H and O–H groups in total. The number of amides is 1. The number of hydrogen-bond donors (Lipinski definition) is 1. The Morgan fingerprint density at radius 1 is 1.42 bits per heavy atom. The zero-order chi connectivity index (χ0) is 13.8. The second-order valence-electron chi connectivity index (χ2n) is 3.67. The fraction of sp³-hybridized carbons (Fsp3) is 0.0769. The zero-order valence-electron chi connectivity index (χ0n) is 9.98. The molecular weight excluding hydrogens is 332 g/mol. The van der Waals surface area contributed by atoms with Crippen LogP contribution in [0.25, 0.3) is 0 Å². The second-order valence-corrected chi connectivity index (χ2v) is 5.02. The number of methoxy groups -OCH3 is 1. The Kier molecular flexibility index (Phi) is 4.39. The molecule has 0 aliphatic rings. The first-order valence-electron chi connectivity index (χ1n) is 5.36. The molecule has 0 spiro atoms. The highest BCUT2D eigenvalue weighted by atomic mass is 79.9. The van der Waals surface area contributed by atoms with Gasteiger partial charge < -0.3 is 10.1 Å². The molecule has 0 saturated heterocycles. The molecule has 6 heteroatoms. The first kappa shape index (κ1) is 13.8. The Morgan fingerprint density at radius 2 is 2.21 bits per heavy atom. The van der Waals surface area contributed by atoms with Gasteiger partial charge in [0.05, 0.1) is 7.11 Å². The summed E-state index contributed by atoms with van der Waals surface area (Å²) >= 11 is 9.20. The van der Waals surface area contributed by atoms with E-state index in [9.17, 15) is 4.79 Å². The maximum Gasteiger partial charge on any atom is 0.255 e. The number of carbonyl (C=O) groups excluding carboxylic acids is 1. The van der Waals surface area contributed by atoms with Gasteiger partial charge in [0.25, 0.3) is 5.91 Å². The van der Waals surface area contributed by atoms with Gasteiger partial charge in [-0.3, -0.25) is 4.79 Å². The Bertz CT molecular complexity index is 599. The summed E-state index contributed by atoms with van der Waals surface area (Å²) in [6, 6.07) is 8.41. The number of anilines is 1. The van der Waals surface area contributed by atoms with Crippen LogP contribution in [0.15, 0.2) is 41.0 Å². The van der Waals surface area contributed by atoms with Gasteiger partial charge in [-0.2, -0.15) is 0 Å². The Hall–Kier alpha value is -1.59. The van der Waals surface area contributed by atoms with Gasteiger partial charge in [0.2, 0.25) is 5.88 Å². The SMILES string of the molecule is COc1ncccc1NC(=O)c1cc(Cl)cc(Br)c1. The number of nitrogens with zero attached hydrogens (tertiary/aromatic N) is 1. The van der Waals surface area contributed by atoms with Crippen LogP contribution in [-0.4, -0.2) is 18.0 Å². The van der Waals surface area contributed by atoms with Crippen molar-refractivity contribution in [3.05, 3.63) is 51.6 Å². The topological polar surface area (TPSA) is 51.2 Å². The molecular formula is C13H10BrClN2O2. The quantitative estimate of drug-likeness (QED) is 0.925. The molecule has 4 nitrogen and oxygen atoms in total. The first-order chi connectivity index (χ1) is 9.10. The van der Waals surface area contributed by atoms with Crippen LogP contribution in [0.4, 0.5) is 5.69 Å². The average molecular weight is 342 g/mol. The molecule has 0 bridgehead atoms. The standard InChI is InChI=1S/C13H10BrClN2O2/c1-19-13-11(3-2-4-16-13)17-12(18)8-5-9(14)7-10(15)6-8/h2-7H,1H3,(H,17,18). The van der Waals surface area contributed by atoms with Gasteiger partial charge in [-0.15, -0.1) is 0 Å². The number of hydrogen-bond acceptors (Lipinski definition) is 3. The van der Waals surface area contributed by atoms with Crippen molar-refractivity contribution in [1.82, 2.24) is 4.98 Å². The predicted octanol–water partition coefficient (Wildman–Crippen LogP) is 3.76. The second kappa shape index (κ2) is 6.04. The fourth-order valence-corrected chi connectivity index (χ4v) is 2.39. The van der Waals surface area contributed by atoms with Crippen LogP contribution in [0.3, 0.4) is 0 Å². The van der Waals surface area contributed by atoms with E-state index in [0.717, 1.165) is 4.47 Å². The van der Waals surface area contributed by atoms with Crippen LogP contribution in [0.5, 0.6) is 5.88 Å². The molecule has 0 atom stereocenters. The van der Waals surface area contributed by atoms with E-state index in [1.54, 1.807) is 36.5 Å². The number of halogens is 2. The lowest BCUT2D eigenvalue weighted by Gasteiger charge is -2.09. The van der Waals surface area contributed by atoms with Crippen molar-refractivity contribution in [1.29, 1.82) is 0 Å². The number of carbonyl (C=O) groups is 1. The van der Waals surface area contributed by atoms with Gasteiger partial charge >= 0.3 is 0 Å². The Balaban J connectivity index is 2.25. The maximum atomic E-state index is 12.1. The third-order valence-electron chi connectivity index (χ3n) is 2.34. The Labute approximate surface area is 123 Å². The summed E-state index contributed by atoms with van der Waals surface area (Å²) in [5.41, 5.74) is 0.955. The molecule has 1 amide bonds. The highest BCUT2D eigenvalue weighted by Crippen LogP contribution is 2.23. The molecule has 0 aliphatic carbocycles. The third kappa shape index (κ3) is 3.45. The average Bonchev–Trinajstić information content (AvgIpc) is 2.38. The van der Waals surface area contributed by atoms with Crippen LogP contribution >= 0.6 is 27.5 Å². The number of pyridine rings is 1. The number of ether oxygens (including phenoxy) is 1. The zero-order valence-corrected chi connectivity index (χ0v) is 12.3. The molecule has 0 fully saturated rings. The maximum absolute atomic E-state index is 12.1. The minimum atomic E-state index is -0.283. The summed E-state index contributed by atoms with van der Waals surface area (Å²) in [7, 11) is 1.49. The molecule has 98 valence electrons. The molecule has 0 aliphatic heterocycles. The highest BCUT2D eigenvalue weighted by Gasteiger charge is 2.11. The van der Waals surface area contributed by atoms with Crippen molar-refractivity contribution in [3.8, 4) is 5.88 Å². The van der Waals surface area contributed by atoms with Crippen molar-refractivity contribution in [2.75, 3.05) is 12.4 Å². The van der Waals surface area contributed by atoms with Crippen LogP contribution in [0, 0.1) is 0 Å². The van der Waals surface area contributed by atoms with Crippen molar-refractivity contribution in [2.24, 2.45) is 0 Å². The third-order valence-corrected chi connectivity index (χ3v) is 3.01. The van der Waals surface area contributed by atoms with Crippen LogP contribution in [-0.2, 0) is 0 Å². The van der Waals surface area contributed by atoms with Crippen LogP contribution in [0.2, 0.25) is 5.02 Å². The van der Waals surface area contributed by atoms with E-state index >= 15 is 0 Å². The van der Waals surface area contributed by atoms with Crippen molar-refractivity contribution < 1.29 is 9.53 Å². The fourth-order valence-electron chi connectivity index (χ4n) is 1.53. The van der Waals surface area contributed by atoms with Crippen molar-refractivity contribution in [2.45, 2.75) is 0 Å². The lowest BCUT2D eigenvalue weighted by atomic mass is 10.2. The summed E-state index contributed by atoms with van der Waals surface area (Å²) in [6.45, 7) is 0. The molecule has 1 heterocycles. The lowest BCUT2D eigenvalue weighted by molar-refractivity contribution is 0.102. The summed E-state index contributed by atoms with van der Waals surface area (Å²) < 4.78 is 5.81. The molecule has 0 unspecified atom stereocenters. The van der Waals surface area contributed by atoms with Gasteiger partial charge in [0.15, 0.2) is 0 Å². The van der Waals surface area contributed by atoms with Crippen molar-refractivity contribution in [3.63, 3.8) is 0 Å². The number of benzene rings is 1. The monoisotopic (exact) mass is 340 g/mol. The first-order valence-corrected chi connectivity index (χ1v) is 6.53. The summed E-state index contributed by atoms with van der Waals surface area (Å²) in [5, 5.41) is 3.21. The van der Waals surface area contributed by atoms with E-state index in [1.165, 1.54) is 7.11 Å². The molecule has 1 aromatic carbocycles. The van der Waals surface area contributed by atoms with Gasteiger partial charge in [-0.05, 0) is 30.3 Å². The number of nitrogens with one attached hydrogen (secondary N) is 1. The smallest absolute Gasteiger partial charge is 0.255 e. The largest absolute Gasteiger partial charge is 0.480 e. The highest BCUT2D eigenvalue weighted by molar-refractivity contribution is 9.10. The summed E-state index contributed by atoms with van der Waals surface area (Å²) in [5.74, 6) is 0.0754. The van der Waals surface area contributed by atoms with E-state index in [1.807, 2.05) is 0 Å². The summed E-state index contributed by atoms with van der Waals surface area (Å²) in [6.07, 6.45) is 1.59. The minimum Gasteiger partial charge on any atom is -0.480 e. The van der Waals surface area contributed by atoms with Gasteiger partial charge in [-0.1, -0.05) is 27.5 Å². The minimum absolute atomic E-state index is 0.283. The van der Waals surface area contributed by atoms with Gasteiger partial charge in [0, 0.05) is 21.3 Å². The van der Waals surface area contributed by atoms with Gasteiger partial charge in [-0.25, -0.2) is 4.98 Å². The van der Waals surface area contributed by atoms with Crippen LogP contribution in [0.1, 0.15) is 10.4 Å². The van der Waals surface area contributed by atoms with Gasteiger partial charge in [0.1, 0.15) is 5.69 Å². The summed E-state index contributed by atoms with van der Waals surface area (Å²) in [4.78, 5) is 16.1. The number of aromatic nitrogens is 1. The van der Waals surface area contributed by atoms with E-state index < -0.39 is 0 Å². The Morgan fingerprint density at radius 3 is 2.89 bits per heavy atom. The van der Waals surface area contributed by atoms with Crippen molar-refractivity contribution >= 4 is 39.1 Å². The van der Waals surface area contributed by atoms with Crippen LogP contribution < -0.4 is 10.1 Å². The van der Waals surface area contributed by atoms with E-state index in [4.69, 9.17) is 16.3 Å². The van der Waals surface area contributed by atoms with E-state index in [2.05, 4.69) is 26.2 Å². The van der Waals surface area contributed by atoms with E-state index in [-0.39, 0.29) is 5.91 Å². The lowest BCUT2D eigenvalue weighted by Crippen LogP contribution is -2.13. The molecule has 2 aromatic rings. The normalized spacial score (nSPS) is 10.1. The molecule has 1 aromatic heterocycles. The predicted molar refractivity (Wildman–Crippen MR) is 77.9 cm³/mol.